The van der Waals surface area contributed by atoms with E-state index in [1.807, 2.05) is 26.0 Å². The van der Waals surface area contributed by atoms with E-state index in [1.54, 1.807) is 25.1 Å². The number of anilines is 1. The first kappa shape index (κ1) is 21.0. The smallest absolute Gasteiger partial charge is 0.270 e. The fourth-order valence-corrected chi connectivity index (χ4v) is 3.70. The minimum absolute atomic E-state index is 0.0349. The van der Waals surface area contributed by atoms with E-state index in [-0.39, 0.29) is 22.2 Å². The minimum Gasteiger partial charge on any atom is -0.503 e. The summed E-state index contributed by atoms with van der Waals surface area (Å²) in [4.78, 5) is 27.0. The lowest BCUT2D eigenvalue weighted by Gasteiger charge is -2.30. The van der Waals surface area contributed by atoms with Gasteiger partial charge in [0.25, 0.3) is 11.8 Å². The summed E-state index contributed by atoms with van der Waals surface area (Å²) >= 11 is 8.52. The molecule has 0 saturated carbocycles. The molecule has 0 bridgehead atoms. The number of rotatable bonds is 4. The van der Waals surface area contributed by atoms with Crippen LogP contribution in [0.5, 0.6) is 11.5 Å². The molecule has 2 aromatic carbocycles. The molecule has 29 heavy (non-hydrogen) atoms. The molecule has 0 aromatic heterocycles. The summed E-state index contributed by atoms with van der Waals surface area (Å²) in [7, 11) is 0. The van der Waals surface area contributed by atoms with Gasteiger partial charge in [0.2, 0.25) is 0 Å². The molecule has 2 aromatic rings. The minimum atomic E-state index is -0.580. The van der Waals surface area contributed by atoms with Crippen molar-refractivity contribution in [1.82, 2.24) is 5.32 Å². The van der Waals surface area contributed by atoms with Crippen LogP contribution in [0, 0.1) is 13.8 Å². The second-order valence-electron chi connectivity index (χ2n) is 6.46. The molecule has 6 nitrogen and oxygen atoms in total. The van der Waals surface area contributed by atoms with Gasteiger partial charge < -0.3 is 9.84 Å². The van der Waals surface area contributed by atoms with Gasteiger partial charge in [0.15, 0.2) is 16.6 Å². The van der Waals surface area contributed by atoms with Gasteiger partial charge in [0.05, 0.1) is 16.8 Å². The Labute approximate surface area is 182 Å². The number of thiocarbonyl (C=S) groups is 1. The van der Waals surface area contributed by atoms with E-state index >= 15 is 0 Å². The molecule has 8 heteroatoms. The molecular formula is C21H19BrN2O4S. The van der Waals surface area contributed by atoms with Gasteiger partial charge in [-0.15, -0.1) is 0 Å². The predicted molar refractivity (Wildman–Crippen MR) is 119 cm³/mol. The van der Waals surface area contributed by atoms with Crippen LogP contribution in [-0.4, -0.2) is 28.6 Å². The Morgan fingerprint density at radius 3 is 2.69 bits per heavy atom. The van der Waals surface area contributed by atoms with E-state index in [2.05, 4.69) is 21.2 Å². The van der Waals surface area contributed by atoms with Gasteiger partial charge in [-0.25, -0.2) is 0 Å². The number of nitrogens with zero attached hydrogens (tertiary/aromatic N) is 1. The molecule has 1 aliphatic rings. The number of benzene rings is 2. The van der Waals surface area contributed by atoms with Gasteiger partial charge in [-0.1, -0.05) is 12.1 Å². The number of carbonyl (C=O) groups excluding carboxylic acids is 2. The molecule has 0 atom stereocenters. The maximum absolute atomic E-state index is 13.2. The third-order valence-electron chi connectivity index (χ3n) is 4.58. The second-order valence-corrected chi connectivity index (χ2v) is 7.70. The average Bonchev–Trinajstić information content (AvgIpc) is 2.66. The van der Waals surface area contributed by atoms with Gasteiger partial charge >= 0.3 is 0 Å². The summed E-state index contributed by atoms with van der Waals surface area (Å²) in [6.07, 6.45) is 1.45. The molecule has 0 unspecified atom stereocenters. The first-order valence-electron chi connectivity index (χ1n) is 8.87. The highest BCUT2D eigenvalue weighted by Gasteiger charge is 2.35. The summed E-state index contributed by atoms with van der Waals surface area (Å²) in [6.45, 7) is 5.98. The van der Waals surface area contributed by atoms with Crippen LogP contribution in [0.4, 0.5) is 5.69 Å². The van der Waals surface area contributed by atoms with Crippen molar-refractivity contribution in [2.75, 3.05) is 11.5 Å². The van der Waals surface area contributed by atoms with Crippen molar-refractivity contribution in [1.29, 1.82) is 0 Å². The van der Waals surface area contributed by atoms with Gasteiger partial charge in [0.1, 0.15) is 5.57 Å². The molecule has 0 spiro atoms. The zero-order valence-electron chi connectivity index (χ0n) is 16.1. The average molecular weight is 475 g/mol. The fraction of sp³-hybridized carbons (Fsp3) is 0.190. The van der Waals surface area contributed by atoms with E-state index in [0.29, 0.717) is 22.3 Å². The Morgan fingerprint density at radius 2 is 2.00 bits per heavy atom. The van der Waals surface area contributed by atoms with Gasteiger partial charge in [-0.05, 0) is 89.9 Å². The second kappa shape index (κ2) is 8.34. The summed E-state index contributed by atoms with van der Waals surface area (Å²) < 4.78 is 5.80. The number of carbonyl (C=O) groups is 2. The molecule has 2 amide bonds. The summed E-state index contributed by atoms with van der Waals surface area (Å²) in [5, 5.41) is 12.7. The SMILES string of the molecule is CCOc1cc(C=C2C(=O)NC(=S)N(c3cccc(C)c3C)C2=O)cc(Br)c1O. The van der Waals surface area contributed by atoms with Crippen molar-refractivity contribution in [2.45, 2.75) is 20.8 Å². The van der Waals surface area contributed by atoms with Crippen molar-refractivity contribution in [3.05, 3.63) is 57.1 Å². The van der Waals surface area contributed by atoms with E-state index in [9.17, 15) is 14.7 Å². The zero-order chi connectivity index (χ0) is 21.3. The van der Waals surface area contributed by atoms with Crippen LogP contribution in [0.15, 0.2) is 40.4 Å². The number of hydrogen-bond donors (Lipinski definition) is 2. The molecule has 3 rings (SSSR count). The summed E-state index contributed by atoms with van der Waals surface area (Å²) in [5.74, 6) is -0.899. The third-order valence-corrected chi connectivity index (χ3v) is 5.47. The molecule has 1 saturated heterocycles. The predicted octanol–water partition coefficient (Wildman–Crippen LogP) is 4.00. The van der Waals surface area contributed by atoms with Crippen molar-refractivity contribution in [3.63, 3.8) is 0 Å². The number of amides is 2. The molecule has 2 N–H and O–H groups in total. The molecular weight excluding hydrogens is 456 g/mol. The lowest BCUT2D eigenvalue weighted by atomic mass is 10.0. The Balaban J connectivity index is 2.08. The largest absolute Gasteiger partial charge is 0.503 e. The normalized spacial score (nSPS) is 15.7. The van der Waals surface area contributed by atoms with Crippen molar-refractivity contribution < 1.29 is 19.4 Å². The lowest BCUT2D eigenvalue weighted by Crippen LogP contribution is -2.54. The summed E-state index contributed by atoms with van der Waals surface area (Å²) in [5.41, 5.74) is 2.96. The third kappa shape index (κ3) is 4.04. The molecule has 1 fully saturated rings. The maximum atomic E-state index is 13.2. The van der Waals surface area contributed by atoms with Crippen LogP contribution in [0.3, 0.4) is 0 Å². The lowest BCUT2D eigenvalue weighted by molar-refractivity contribution is -0.122. The molecule has 0 aliphatic carbocycles. The van der Waals surface area contributed by atoms with Crippen LogP contribution < -0.4 is 15.0 Å². The standard InChI is InChI=1S/C21H19BrN2O4S/c1-4-28-17-10-13(9-15(22)18(17)25)8-14-19(26)23-21(29)24(20(14)27)16-7-5-6-11(2)12(16)3/h5-10,25H,4H2,1-3H3,(H,23,26,29). The van der Waals surface area contributed by atoms with Crippen molar-refractivity contribution >= 4 is 56.8 Å². The maximum Gasteiger partial charge on any atom is 0.270 e. The highest BCUT2D eigenvalue weighted by atomic mass is 79.9. The number of aryl methyl sites for hydroxylation is 1. The quantitative estimate of drug-likeness (QED) is 0.397. The van der Waals surface area contributed by atoms with Crippen LogP contribution in [-0.2, 0) is 9.59 Å². The zero-order valence-corrected chi connectivity index (χ0v) is 18.5. The molecule has 1 heterocycles. The highest BCUT2D eigenvalue weighted by Crippen LogP contribution is 2.36. The fourth-order valence-electron chi connectivity index (χ4n) is 2.96. The number of phenolic OH excluding ortho intramolecular Hbond substituents is 1. The molecule has 1 aliphatic heterocycles. The van der Waals surface area contributed by atoms with Crippen LogP contribution in [0.2, 0.25) is 0 Å². The van der Waals surface area contributed by atoms with E-state index in [4.69, 9.17) is 17.0 Å². The van der Waals surface area contributed by atoms with Crippen molar-refractivity contribution in [3.8, 4) is 11.5 Å². The summed E-state index contributed by atoms with van der Waals surface area (Å²) in [6, 6.07) is 8.71. The number of aromatic hydroxyl groups is 1. The van der Waals surface area contributed by atoms with Gasteiger partial charge in [0, 0.05) is 0 Å². The molecule has 0 radical (unpaired) electrons. The topological polar surface area (TPSA) is 78.9 Å². The van der Waals surface area contributed by atoms with E-state index < -0.39 is 11.8 Å². The van der Waals surface area contributed by atoms with Gasteiger partial charge in [-0.2, -0.15) is 0 Å². The van der Waals surface area contributed by atoms with Crippen LogP contribution >= 0.6 is 28.1 Å². The van der Waals surface area contributed by atoms with Crippen LogP contribution in [0.1, 0.15) is 23.6 Å². The Kier molecular flexibility index (Phi) is 6.04. The Bertz CT molecular complexity index is 1060. The first-order valence-corrected chi connectivity index (χ1v) is 10.1. The highest BCUT2D eigenvalue weighted by molar-refractivity contribution is 9.10. The molecule has 150 valence electrons. The van der Waals surface area contributed by atoms with Gasteiger partial charge in [-0.3, -0.25) is 19.8 Å². The number of ether oxygens (including phenoxy) is 1. The monoisotopic (exact) mass is 474 g/mol. The number of phenols is 1. The number of nitrogens with one attached hydrogen (secondary N) is 1. The van der Waals surface area contributed by atoms with E-state index in [0.717, 1.165) is 11.1 Å². The first-order chi connectivity index (χ1) is 13.7. The van der Waals surface area contributed by atoms with Crippen LogP contribution in [0.25, 0.3) is 6.08 Å². The number of halogens is 1. The Morgan fingerprint density at radius 1 is 1.28 bits per heavy atom. The van der Waals surface area contributed by atoms with E-state index in [1.165, 1.54) is 11.0 Å². The van der Waals surface area contributed by atoms with Crippen molar-refractivity contribution in [2.24, 2.45) is 0 Å². The number of hydrogen-bond acceptors (Lipinski definition) is 5. The Hall–Kier alpha value is -2.71.